The Bertz CT molecular complexity index is 588. The molecular formula is C14H15F3N2O4. The van der Waals surface area contributed by atoms with Crippen LogP contribution in [0.3, 0.4) is 0 Å². The largest absolute Gasteiger partial charge is 0.452 e. The lowest BCUT2D eigenvalue weighted by molar-refractivity contribution is -0.137. The number of rotatable bonds is 6. The number of hydrogen-bond donors (Lipinski definition) is 2. The maximum Gasteiger partial charge on any atom is 0.416 e. The number of carbonyl (C=O) groups excluding carboxylic acids is 3. The number of ether oxygens (including phenoxy) is 1. The van der Waals surface area contributed by atoms with Crippen molar-refractivity contribution in [1.29, 1.82) is 0 Å². The van der Waals surface area contributed by atoms with Gasteiger partial charge in [0.2, 0.25) is 5.91 Å². The minimum atomic E-state index is -4.58. The number of likely N-dealkylation sites (N-methyl/N-ethyl adjacent to an activating group) is 1. The Balaban J connectivity index is 2.51. The summed E-state index contributed by atoms with van der Waals surface area (Å²) < 4.78 is 42.2. The van der Waals surface area contributed by atoms with E-state index in [2.05, 4.69) is 15.4 Å². The van der Waals surface area contributed by atoms with Gasteiger partial charge in [-0.2, -0.15) is 13.2 Å². The highest BCUT2D eigenvalue weighted by Gasteiger charge is 2.31. The molecule has 9 heteroatoms. The molecule has 126 valence electrons. The second-order valence-electron chi connectivity index (χ2n) is 4.38. The minimum Gasteiger partial charge on any atom is -0.452 e. The molecule has 0 heterocycles. The summed E-state index contributed by atoms with van der Waals surface area (Å²) in [5.74, 6) is -2.22. The first-order chi connectivity index (χ1) is 10.7. The van der Waals surface area contributed by atoms with Crippen LogP contribution in [0.5, 0.6) is 0 Å². The van der Waals surface area contributed by atoms with E-state index in [9.17, 15) is 27.6 Å². The van der Waals surface area contributed by atoms with E-state index in [-0.39, 0.29) is 12.1 Å². The van der Waals surface area contributed by atoms with Gasteiger partial charge in [0.15, 0.2) is 6.61 Å². The van der Waals surface area contributed by atoms with Crippen molar-refractivity contribution < 1.29 is 32.3 Å². The highest BCUT2D eigenvalue weighted by molar-refractivity contribution is 5.92. The van der Waals surface area contributed by atoms with E-state index in [4.69, 9.17) is 0 Å². The summed E-state index contributed by atoms with van der Waals surface area (Å²) in [4.78, 5) is 34.1. The topological polar surface area (TPSA) is 84.5 Å². The monoisotopic (exact) mass is 332 g/mol. The third-order valence-electron chi connectivity index (χ3n) is 2.58. The minimum absolute atomic E-state index is 0.284. The number of carbonyl (C=O) groups is 3. The van der Waals surface area contributed by atoms with Gasteiger partial charge >= 0.3 is 12.1 Å². The van der Waals surface area contributed by atoms with Gasteiger partial charge in [0, 0.05) is 6.54 Å². The fourth-order valence-corrected chi connectivity index (χ4v) is 1.53. The van der Waals surface area contributed by atoms with Gasteiger partial charge in [-0.15, -0.1) is 0 Å². The molecule has 0 bridgehead atoms. The first-order valence-electron chi connectivity index (χ1n) is 6.61. The summed E-state index contributed by atoms with van der Waals surface area (Å²) in [6.07, 6.45) is -4.58. The van der Waals surface area contributed by atoms with Gasteiger partial charge in [-0.1, -0.05) is 6.07 Å². The molecule has 0 fully saturated rings. The second-order valence-corrected chi connectivity index (χ2v) is 4.38. The smallest absolute Gasteiger partial charge is 0.416 e. The van der Waals surface area contributed by atoms with E-state index in [0.717, 1.165) is 18.2 Å². The summed E-state index contributed by atoms with van der Waals surface area (Å²) in [6.45, 7) is 1.12. The highest BCUT2D eigenvalue weighted by atomic mass is 19.4. The Morgan fingerprint density at radius 1 is 1.13 bits per heavy atom. The zero-order chi connectivity index (χ0) is 17.5. The summed E-state index contributed by atoms with van der Waals surface area (Å²) in [5, 5.41) is 4.65. The standard InChI is InChI=1S/C14H15F3N2O4/c1-2-18-11(20)7-19-12(21)8-23-13(22)9-4-3-5-10(6-9)14(15,16)17/h3-6H,2,7-8H2,1H3,(H,18,20)(H,19,21). The van der Waals surface area contributed by atoms with Crippen molar-refractivity contribution in [2.24, 2.45) is 0 Å². The van der Waals surface area contributed by atoms with E-state index in [1.807, 2.05) is 0 Å². The first kappa shape index (κ1) is 18.5. The van der Waals surface area contributed by atoms with Crippen LogP contribution in [0.4, 0.5) is 13.2 Å². The Hall–Kier alpha value is -2.58. The zero-order valence-electron chi connectivity index (χ0n) is 12.2. The number of esters is 1. The quantitative estimate of drug-likeness (QED) is 0.765. The molecule has 23 heavy (non-hydrogen) atoms. The van der Waals surface area contributed by atoms with Crippen LogP contribution in [-0.2, 0) is 20.5 Å². The molecule has 0 aromatic heterocycles. The zero-order valence-corrected chi connectivity index (χ0v) is 12.2. The average Bonchev–Trinajstić information content (AvgIpc) is 2.50. The Morgan fingerprint density at radius 3 is 2.43 bits per heavy atom. The third-order valence-corrected chi connectivity index (χ3v) is 2.58. The number of halogens is 3. The van der Waals surface area contributed by atoms with Crippen LogP contribution in [0.25, 0.3) is 0 Å². The molecule has 2 amide bonds. The summed E-state index contributed by atoms with van der Waals surface area (Å²) in [7, 11) is 0. The van der Waals surface area contributed by atoms with Gasteiger partial charge < -0.3 is 15.4 Å². The molecule has 0 atom stereocenters. The van der Waals surface area contributed by atoms with E-state index in [0.29, 0.717) is 12.6 Å². The van der Waals surface area contributed by atoms with Crippen molar-refractivity contribution in [2.45, 2.75) is 13.1 Å². The Morgan fingerprint density at radius 2 is 1.83 bits per heavy atom. The molecule has 1 aromatic carbocycles. The predicted octanol–water partition coefficient (Wildman–Crippen LogP) is 1.11. The number of hydrogen-bond acceptors (Lipinski definition) is 4. The van der Waals surface area contributed by atoms with Crippen molar-refractivity contribution in [3.05, 3.63) is 35.4 Å². The van der Waals surface area contributed by atoms with Gasteiger partial charge in [0.1, 0.15) is 0 Å². The number of alkyl halides is 3. The molecule has 0 aliphatic rings. The number of benzene rings is 1. The Kier molecular flexibility index (Phi) is 6.55. The molecule has 0 aliphatic heterocycles. The normalized spacial score (nSPS) is 10.8. The van der Waals surface area contributed by atoms with Crippen LogP contribution < -0.4 is 10.6 Å². The van der Waals surface area contributed by atoms with E-state index in [1.54, 1.807) is 6.92 Å². The molecule has 1 aromatic rings. The van der Waals surface area contributed by atoms with Crippen molar-refractivity contribution >= 4 is 17.8 Å². The lowest BCUT2D eigenvalue weighted by atomic mass is 10.1. The second kappa shape index (κ2) is 8.16. The molecular weight excluding hydrogens is 317 g/mol. The molecule has 0 aliphatic carbocycles. The van der Waals surface area contributed by atoms with Crippen molar-refractivity contribution in [2.75, 3.05) is 19.7 Å². The third kappa shape index (κ3) is 6.37. The summed E-state index contributed by atoms with van der Waals surface area (Å²) >= 11 is 0. The fraction of sp³-hybridized carbons (Fsp3) is 0.357. The van der Waals surface area contributed by atoms with E-state index < -0.39 is 36.1 Å². The van der Waals surface area contributed by atoms with Gasteiger partial charge in [-0.3, -0.25) is 9.59 Å². The van der Waals surface area contributed by atoms with Crippen LogP contribution in [0.15, 0.2) is 24.3 Å². The molecule has 0 radical (unpaired) electrons. The van der Waals surface area contributed by atoms with Crippen molar-refractivity contribution in [3.63, 3.8) is 0 Å². The summed E-state index contributed by atoms with van der Waals surface area (Å²) in [6, 6.07) is 3.66. The van der Waals surface area contributed by atoms with Crippen LogP contribution in [0, 0.1) is 0 Å². The van der Waals surface area contributed by atoms with Gasteiger partial charge in [-0.05, 0) is 25.1 Å². The molecule has 1 rings (SSSR count). The molecule has 0 saturated heterocycles. The van der Waals surface area contributed by atoms with Crippen LogP contribution >= 0.6 is 0 Å². The molecule has 6 nitrogen and oxygen atoms in total. The van der Waals surface area contributed by atoms with Gasteiger partial charge in [0.05, 0.1) is 17.7 Å². The first-order valence-corrected chi connectivity index (χ1v) is 6.61. The SMILES string of the molecule is CCNC(=O)CNC(=O)COC(=O)c1cccc(C(F)(F)F)c1. The van der Waals surface area contributed by atoms with Gasteiger partial charge in [-0.25, -0.2) is 4.79 Å². The molecule has 0 unspecified atom stereocenters. The maximum absolute atomic E-state index is 12.5. The fourth-order valence-electron chi connectivity index (χ4n) is 1.53. The molecule has 0 saturated carbocycles. The predicted molar refractivity (Wildman–Crippen MR) is 73.4 cm³/mol. The number of nitrogens with one attached hydrogen (secondary N) is 2. The Labute approximate surface area is 130 Å². The van der Waals surface area contributed by atoms with Crippen LogP contribution in [0.2, 0.25) is 0 Å². The summed E-state index contributed by atoms with van der Waals surface area (Å²) in [5.41, 5.74) is -1.32. The van der Waals surface area contributed by atoms with Crippen molar-refractivity contribution in [1.82, 2.24) is 10.6 Å². The number of amides is 2. The van der Waals surface area contributed by atoms with Gasteiger partial charge in [0.25, 0.3) is 5.91 Å². The lowest BCUT2D eigenvalue weighted by Gasteiger charge is -2.09. The average molecular weight is 332 g/mol. The lowest BCUT2D eigenvalue weighted by Crippen LogP contribution is -2.38. The maximum atomic E-state index is 12.5. The van der Waals surface area contributed by atoms with E-state index >= 15 is 0 Å². The molecule has 2 N–H and O–H groups in total. The van der Waals surface area contributed by atoms with Crippen LogP contribution in [-0.4, -0.2) is 37.5 Å². The highest BCUT2D eigenvalue weighted by Crippen LogP contribution is 2.29. The van der Waals surface area contributed by atoms with E-state index in [1.165, 1.54) is 0 Å². The van der Waals surface area contributed by atoms with Crippen LogP contribution in [0.1, 0.15) is 22.8 Å². The molecule has 0 spiro atoms. The van der Waals surface area contributed by atoms with Crippen molar-refractivity contribution in [3.8, 4) is 0 Å².